The molecule has 0 aromatic carbocycles. The quantitative estimate of drug-likeness (QED) is 0.196. The van der Waals surface area contributed by atoms with Gasteiger partial charge in [-0.25, -0.2) is 0 Å². The zero-order valence-electron chi connectivity index (χ0n) is 18.4. The summed E-state index contributed by atoms with van der Waals surface area (Å²) in [7, 11) is 3.22. The lowest BCUT2D eigenvalue weighted by Crippen LogP contribution is -2.35. The van der Waals surface area contributed by atoms with Crippen molar-refractivity contribution in [2.75, 3.05) is 33.4 Å². The van der Waals surface area contributed by atoms with Crippen LogP contribution in [0, 0.1) is 0 Å². The van der Waals surface area contributed by atoms with Gasteiger partial charge in [-0.2, -0.15) is 8.42 Å². The zero-order valence-corrected chi connectivity index (χ0v) is 19.2. The van der Waals surface area contributed by atoms with Crippen molar-refractivity contribution in [3.05, 3.63) is 0 Å². The van der Waals surface area contributed by atoms with E-state index in [9.17, 15) is 8.42 Å². The van der Waals surface area contributed by atoms with Gasteiger partial charge in [-0.05, 0) is 19.8 Å². The van der Waals surface area contributed by atoms with Gasteiger partial charge in [0.05, 0.1) is 33.4 Å². The molecule has 0 fully saturated rings. The van der Waals surface area contributed by atoms with E-state index < -0.39 is 10.1 Å². The van der Waals surface area contributed by atoms with Crippen LogP contribution in [-0.4, -0.2) is 50.9 Å². The molecule has 0 aliphatic carbocycles. The molecule has 0 saturated heterocycles. The molecule has 0 saturated carbocycles. The predicted octanol–water partition coefficient (Wildman–Crippen LogP) is 6.07. The molecular formula is C21H48NO3S+. The second-order valence-corrected chi connectivity index (χ2v) is 10.2. The molecule has 4 nitrogen and oxygen atoms in total. The summed E-state index contributed by atoms with van der Waals surface area (Å²) in [6.07, 6.45) is 20.4. The molecule has 0 atom stereocenters. The Kier molecular flexibility index (Phi) is 19.7. The minimum atomic E-state index is -3.66. The maximum absolute atomic E-state index is 9.56. The van der Waals surface area contributed by atoms with Crippen molar-refractivity contribution in [3.8, 4) is 0 Å². The van der Waals surface area contributed by atoms with E-state index in [2.05, 4.69) is 28.1 Å². The summed E-state index contributed by atoms with van der Waals surface area (Å²) in [4.78, 5) is 0. The van der Waals surface area contributed by atoms with E-state index in [1.54, 1.807) is 0 Å². The third kappa shape index (κ3) is 31.6. The Balaban J connectivity index is 0. The molecule has 26 heavy (non-hydrogen) atoms. The fourth-order valence-corrected chi connectivity index (χ4v) is 2.78. The Labute approximate surface area is 165 Å². The number of rotatable bonds is 16. The molecule has 0 radical (unpaired) electrons. The van der Waals surface area contributed by atoms with Crippen molar-refractivity contribution in [2.24, 2.45) is 0 Å². The van der Waals surface area contributed by atoms with Crippen LogP contribution in [0.3, 0.4) is 0 Å². The SMILES string of the molecule is CCCCCCCCCCCCCCCC[N+](C)(C)C.CCS(=O)(=O)O. The fourth-order valence-electron chi connectivity index (χ4n) is 2.78. The van der Waals surface area contributed by atoms with Crippen LogP contribution in [0.25, 0.3) is 0 Å². The van der Waals surface area contributed by atoms with Gasteiger partial charge in [0.15, 0.2) is 0 Å². The van der Waals surface area contributed by atoms with E-state index in [0.717, 1.165) is 4.48 Å². The van der Waals surface area contributed by atoms with Crippen molar-refractivity contribution >= 4 is 10.1 Å². The normalized spacial score (nSPS) is 11.9. The molecule has 160 valence electrons. The van der Waals surface area contributed by atoms with Gasteiger partial charge in [-0.15, -0.1) is 0 Å². The van der Waals surface area contributed by atoms with Gasteiger partial charge in [0.25, 0.3) is 10.1 Å². The minimum absolute atomic E-state index is 0.201. The summed E-state index contributed by atoms with van der Waals surface area (Å²) in [5, 5.41) is 0. The van der Waals surface area contributed by atoms with Crippen molar-refractivity contribution < 1.29 is 17.5 Å². The van der Waals surface area contributed by atoms with Crippen molar-refractivity contribution in [1.29, 1.82) is 0 Å². The Bertz CT molecular complexity index is 375. The first-order valence-electron chi connectivity index (χ1n) is 10.9. The molecule has 0 amide bonds. The van der Waals surface area contributed by atoms with E-state index in [1.165, 1.54) is 103 Å². The van der Waals surface area contributed by atoms with Crippen LogP contribution in [0.4, 0.5) is 0 Å². The van der Waals surface area contributed by atoms with E-state index >= 15 is 0 Å². The lowest BCUT2D eigenvalue weighted by molar-refractivity contribution is -0.870. The molecule has 5 heteroatoms. The minimum Gasteiger partial charge on any atom is -0.331 e. The Morgan fingerprint density at radius 1 is 0.615 bits per heavy atom. The fraction of sp³-hybridized carbons (Fsp3) is 1.00. The summed E-state index contributed by atoms with van der Waals surface area (Å²) >= 11 is 0. The summed E-state index contributed by atoms with van der Waals surface area (Å²) in [6, 6.07) is 0. The number of hydrogen-bond donors (Lipinski definition) is 1. The number of nitrogens with zero attached hydrogens (tertiary/aromatic N) is 1. The highest BCUT2D eigenvalue weighted by Gasteiger charge is 2.04. The van der Waals surface area contributed by atoms with Crippen molar-refractivity contribution in [3.63, 3.8) is 0 Å². The Morgan fingerprint density at radius 3 is 1.12 bits per heavy atom. The Hall–Kier alpha value is -0.130. The predicted molar refractivity (Wildman–Crippen MR) is 115 cm³/mol. The molecule has 0 aliphatic rings. The molecule has 0 aromatic rings. The molecule has 0 aromatic heterocycles. The van der Waals surface area contributed by atoms with Gasteiger partial charge >= 0.3 is 0 Å². The van der Waals surface area contributed by atoms with Crippen LogP contribution in [0.1, 0.15) is 104 Å². The molecular weight excluding hydrogens is 346 g/mol. The first kappa shape index (κ1) is 28.1. The third-order valence-corrected chi connectivity index (χ3v) is 5.28. The first-order valence-corrected chi connectivity index (χ1v) is 12.5. The van der Waals surface area contributed by atoms with Crippen LogP contribution in [0.5, 0.6) is 0 Å². The highest BCUT2D eigenvalue weighted by molar-refractivity contribution is 7.85. The largest absolute Gasteiger partial charge is 0.331 e. The number of hydrogen-bond acceptors (Lipinski definition) is 2. The van der Waals surface area contributed by atoms with Gasteiger partial charge in [-0.3, -0.25) is 4.55 Å². The van der Waals surface area contributed by atoms with Crippen LogP contribution in [0.2, 0.25) is 0 Å². The van der Waals surface area contributed by atoms with E-state index in [-0.39, 0.29) is 5.75 Å². The molecule has 0 aliphatic heterocycles. The maximum Gasteiger partial charge on any atom is 0.264 e. The van der Waals surface area contributed by atoms with Crippen LogP contribution in [-0.2, 0) is 10.1 Å². The summed E-state index contributed by atoms with van der Waals surface area (Å²) in [5.41, 5.74) is 0. The molecule has 0 rings (SSSR count). The second kappa shape index (κ2) is 18.2. The highest BCUT2D eigenvalue weighted by Crippen LogP contribution is 2.13. The zero-order chi connectivity index (χ0) is 20.3. The standard InChI is InChI=1S/C19H42N.C2H6O3S/c1-5-6-7-8-9-10-11-12-13-14-15-16-17-18-19-20(2,3)4;1-2-6(3,4)5/h5-19H2,1-4H3;2H2,1H3,(H,3,4,5)/q+1;. The highest BCUT2D eigenvalue weighted by atomic mass is 32.2. The average Bonchev–Trinajstić information content (AvgIpc) is 2.54. The van der Waals surface area contributed by atoms with Crippen molar-refractivity contribution in [1.82, 2.24) is 0 Å². The lowest BCUT2D eigenvalue weighted by atomic mass is 10.0. The monoisotopic (exact) mass is 394 g/mol. The van der Waals surface area contributed by atoms with Crippen LogP contribution >= 0.6 is 0 Å². The lowest BCUT2D eigenvalue weighted by Gasteiger charge is -2.23. The van der Waals surface area contributed by atoms with Crippen molar-refractivity contribution in [2.45, 2.75) is 104 Å². The number of quaternary nitrogens is 1. The van der Waals surface area contributed by atoms with Crippen LogP contribution < -0.4 is 0 Å². The molecule has 1 N–H and O–H groups in total. The topological polar surface area (TPSA) is 54.4 Å². The van der Waals surface area contributed by atoms with E-state index in [1.807, 2.05) is 0 Å². The molecule has 0 heterocycles. The summed E-state index contributed by atoms with van der Waals surface area (Å²) in [6.45, 7) is 5.00. The van der Waals surface area contributed by atoms with Gasteiger partial charge in [0.2, 0.25) is 0 Å². The smallest absolute Gasteiger partial charge is 0.264 e. The summed E-state index contributed by atoms with van der Waals surface area (Å²) in [5.74, 6) is -0.201. The van der Waals surface area contributed by atoms with Gasteiger partial charge in [0.1, 0.15) is 0 Å². The molecule has 0 unspecified atom stereocenters. The van der Waals surface area contributed by atoms with Crippen LogP contribution in [0.15, 0.2) is 0 Å². The Morgan fingerprint density at radius 2 is 0.885 bits per heavy atom. The van der Waals surface area contributed by atoms with Gasteiger partial charge < -0.3 is 4.48 Å². The van der Waals surface area contributed by atoms with E-state index in [0.29, 0.717) is 0 Å². The van der Waals surface area contributed by atoms with Gasteiger partial charge in [-0.1, -0.05) is 84.0 Å². The first-order chi connectivity index (χ1) is 12.1. The van der Waals surface area contributed by atoms with Gasteiger partial charge in [0, 0.05) is 0 Å². The maximum atomic E-state index is 9.56. The average molecular weight is 395 g/mol. The summed E-state index contributed by atoms with van der Waals surface area (Å²) < 4.78 is 28.0. The molecule has 0 bridgehead atoms. The third-order valence-electron chi connectivity index (χ3n) is 4.55. The second-order valence-electron chi connectivity index (χ2n) is 8.48. The molecule has 0 spiro atoms. The number of unbranched alkanes of at least 4 members (excludes halogenated alkanes) is 13. The van der Waals surface area contributed by atoms with E-state index in [4.69, 9.17) is 4.55 Å².